The van der Waals surface area contributed by atoms with Crippen molar-refractivity contribution in [3.05, 3.63) is 35.4 Å². The summed E-state index contributed by atoms with van der Waals surface area (Å²) in [6, 6.07) is 5.44. The van der Waals surface area contributed by atoms with Gasteiger partial charge in [0.25, 0.3) is 5.91 Å². The van der Waals surface area contributed by atoms with Crippen molar-refractivity contribution >= 4 is 28.0 Å². The summed E-state index contributed by atoms with van der Waals surface area (Å²) < 4.78 is 27.8. The van der Waals surface area contributed by atoms with Crippen LogP contribution in [0.5, 0.6) is 0 Å². The van der Waals surface area contributed by atoms with E-state index in [0.29, 0.717) is 18.3 Å². The Kier molecular flexibility index (Phi) is 5.15. The van der Waals surface area contributed by atoms with Gasteiger partial charge in [-0.05, 0) is 18.6 Å². The highest BCUT2D eigenvalue weighted by Gasteiger charge is 2.32. The Morgan fingerprint density at radius 2 is 1.96 bits per heavy atom. The Morgan fingerprint density at radius 1 is 1.30 bits per heavy atom. The maximum atomic E-state index is 12.0. The van der Waals surface area contributed by atoms with Crippen molar-refractivity contribution in [2.24, 2.45) is 0 Å². The smallest absolute Gasteiger partial charge is 0.338 e. The third-order valence-electron chi connectivity index (χ3n) is 3.76. The molecule has 23 heavy (non-hydrogen) atoms. The predicted molar refractivity (Wildman–Crippen MR) is 81.9 cm³/mol. The van der Waals surface area contributed by atoms with E-state index in [4.69, 9.17) is 4.74 Å². The number of amides is 1. The van der Waals surface area contributed by atoms with Crippen LogP contribution in [0.3, 0.4) is 0 Å². The zero-order valence-corrected chi connectivity index (χ0v) is 13.4. The van der Waals surface area contributed by atoms with Crippen molar-refractivity contribution in [2.75, 3.05) is 25.2 Å². The number of ether oxygens (including phenoxy) is 1. The average Bonchev–Trinajstić information content (AvgIpc) is 2.91. The number of hydrogen-bond donors (Lipinski definition) is 0. The number of sulfone groups is 1. The molecule has 0 spiro atoms. The van der Waals surface area contributed by atoms with Crippen LogP contribution in [0.25, 0.3) is 0 Å². The van der Waals surface area contributed by atoms with Gasteiger partial charge in [0.1, 0.15) is 6.29 Å². The first kappa shape index (κ1) is 17.1. The molecular weight excluding hydrogens is 322 g/mol. The summed E-state index contributed by atoms with van der Waals surface area (Å²) in [5.74, 6) is -1.12. The van der Waals surface area contributed by atoms with Crippen molar-refractivity contribution in [3.8, 4) is 0 Å². The second-order valence-corrected chi connectivity index (χ2v) is 7.61. The van der Waals surface area contributed by atoms with Crippen LogP contribution in [0.2, 0.25) is 0 Å². The number of rotatable bonds is 5. The minimum Gasteiger partial charge on any atom is -0.452 e. The second-order valence-electron chi connectivity index (χ2n) is 5.38. The summed E-state index contributed by atoms with van der Waals surface area (Å²) in [5.41, 5.74) is 0.661. The fourth-order valence-corrected chi connectivity index (χ4v) is 4.07. The standard InChI is InChI=1S/C15H17NO6S/c1-16(13-6-7-23(20,21)10-13)14(18)9-22-15(19)12-4-2-11(8-17)3-5-12/h2-5,8,13H,6-7,9-10H2,1H3/t13-/m1/s1. The van der Waals surface area contributed by atoms with Crippen molar-refractivity contribution in [1.82, 2.24) is 4.90 Å². The monoisotopic (exact) mass is 339 g/mol. The van der Waals surface area contributed by atoms with Gasteiger partial charge in [0.2, 0.25) is 0 Å². The molecule has 1 heterocycles. The number of aldehydes is 1. The van der Waals surface area contributed by atoms with Crippen LogP contribution in [0.1, 0.15) is 27.1 Å². The van der Waals surface area contributed by atoms with E-state index < -0.39 is 28.3 Å². The fraction of sp³-hybridized carbons (Fsp3) is 0.400. The third-order valence-corrected chi connectivity index (χ3v) is 5.51. The molecule has 0 radical (unpaired) electrons. The lowest BCUT2D eigenvalue weighted by Crippen LogP contribution is -2.40. The molecular formula is C15H17NO6S. The number of benzene rings is 1. The number of carbonyl (C=O) groups excluding carboxylic acids is 3. The first-order valence-corrected chi connectivity index (χ1v) is 8.83. The van der Waals surface area contributed by atoms with E-state index in [2.05, 4.69) is 0 Å². The van der Waals surface area contributed by atoms with Gasteiger partial charge in [-0.3, -0.25) is 9.59 Å². The molecule has 124 valence electrons. The summed E-state index contributed by atoms with van der Waals surface area (Å²) in [5, 5.41) is 0. The Labute approximate surface area is 134 Å². The van der Waals surface area contributed by atoms with Crippen LogP contribution in [0.15, 0.2) is 24.3 Å². The topological polar surface area (TPSA) is 97.8 Å². The quantitative estimate of drug-likeness (QED) is 0.565. The van der Waals surface area contributed by atoms with Crippen molar-refractivity contribution in [3.63, 3.8) is 0 Å². The zero-order chi connectivity index (χ0) is 17.0. The molecule has 0 bridgehead atoms. The molecule has 1 saturated heterocycles. The van der Waals surface area contributed by atoms with Gasteiger partial charge in [-0.1, -0.05) is 12.1 Å². The normalized spacial score (nSPS) is 19.1. The highest BCUT2D eigenvalue weighted by atomic mass is 32.2. The second kappa shape index (κ2) is 6.91. The lowest BCUT2D eigenvalue weighted by Gasteiger charge is -2.23. The Bertz CT molecular complexity index is 710. The molecule has 1 fully saturated rings. The average molecular weight is 339 g/mol. The van der Waals surface area contributed by atoms with E-state index in [1.54, 1.807) is 0 Å². The Hall–Kier alpha value is -2.22. The molecule has 2 rings (SSSR count). The van der Waals surface area contributed by atoms with Crippen molar-refractivity contribution in [2.45, 2.75) is 12.5 Å². The molecule has 0 N–H and O–H groups in total. The van der Waals surface area contributed by atoms with Crippen LogP contribution < -0.4 is 0 Å². The van der Waals surface area contributed by atoms with E-state index in [9.17, 15) is 22.8 Å². The molecule has 1 aromatic carbocycles. The largest absolute Gasteiger partial charge is 0.452 e. The number of hydrogen-bond acceptors (Lipinski definition) is 6. The maximum absolute atomic E-state index is 12.0. The van der Waals surface area contributed by atoms with E-state index in [0.717, 1.165) is 0 Å². The molecule has 1 amide bonds. The van der Waals surface area contributed by atoms with Crippen LogP contribution in [-0.2, 0) is 19.4 Å². The molecule has 0 saturated carbocycles. The molecule has 0 aromatic heterocycles. The lowest BCUT2D eigenvalue weighted by molar-refractivity contribution is -0.134. The summed E-state index contributed by atoms with van der Waals surface area (Å²) in [4.78, 5) is 35.7. The van der Waals surface area contributed by atoms with Crippen molar-refractivity contribution < 1.29 is 27.5 Å². The summed E-state index contributed by atoms with van der Waals surface area (Å²) in [7, 11) is -1.58. The minimum absolute atomic E-state index is 0.0592. The summed E-state index contributed by atoms with van der Waals surface area (Å²) >= 11 is 0. The van der Waals surface area contributed by atoms with Gasteiger partial charge in [0, 0.05) is 18.7 Å². The van der Waals surface area contributed by atoms with Gasteiger partial charge in [-0.15, -0.1) is 0 Å². The summed E-state index contributed by atoms with van der Waals surface area (Å²) in [6.45, 7) is -0.457. The van der Waals surface area contributed by atoms with E-state index >= 15 is 0 Å². The van der Waals surface area contributed by atoms with Crippen molar-refractivity contribution in [1.29, 1.82) is 0 Å². The molecule has 8 heteroatoms. The third kappa shape index (κ3) is 4.38. The van der Waals surface area contributed by atoms with Gasteiger partial charge < -0.3 is 9.64 Å². The zero-order valence-electron chi connectivity index (χ0n) is 12.6. The van der Waals surface area contributed by atoms with Gasteiger partial charge in [0.15, 0.2) is 16.4 Å². The first-order valence-electron chi connectivity index (χ1n) is 7.01. The molecule has 0 aliphatic carbocycles. The van der Waals surface area contributed by atoms with Gasteiger partial charge in [0.05, 0.1) is 17.1 Å². The van der Waals surface area contributed by atoms with E-state index in [-0.39, 0.29) is 23.1 Å². The van der Waals surface area contributed by atoms with E-state index in [1.807, 2.05) is 0 Å². The number of nitrogens with zero attached hydrogens (tertiary/aromatic N) is 1. The molecule has 1 aromatic rings. The highest BCUT2D eigenvalue weighted by molar-refractivity contribution is 7.91. The maximum Gasteiger partial charge on any atom is 0.338 e. The molecule has 1 atom stereocenters. The number of carbonyl (C=O) groups is 3. The molecule has 1 aliphatic heterocycles. The van der Waals surface area contributed by atoms with Crippen LogP contribution in [0.4, 0.5) is 0 Å². The Morgan fingerprint density at radius 3 is 2.48 bits per heavy atom. The Balaban J connectivity index is 1.88. The molecule has 7 nitrogen and oxygen atoms in total. The highest BCUT2D eigenvalue weighted by Crippen LogP contribution is 2.16. The first-order chi connectivity index (χ1) is 10.8. The fourth-order valence-electron chi connectivity index (χ4n) is 2.29. The van der Waals surface area contributed by atoms with Crippen LogP contribution in [0, 0.1) is 0 Å². The van der Waals surface area contributed by atoms with Gasteiger partial charge in [-0.2, -0.15) is 0 Å². The van der Waals surface area contributed by atoms with Gasteiger partial charge >= 0.3 is 5.97 Å². The number of likely N-dealkylation sites (N-methyl/N-ethyl adjacent to an activating group) is 1. The van der Waals surface area contributed by atoms with Gasteiger partial charge in [-0.25, -0.2) is 13.2 Å². The molecule has 0 unspecified atom stereocenters. The van der Waals surface area contributed by atoms with Crippen LogP contribution in [-0.4, -0.2) is 62.7 Å². The SMILES string of the molecule is CN(C(=O)COC(=O)c1ccc(C=O)cc1)[C@@H]1CCS(=O)(=O)C1. The lowest BCUT2D eigenvalue weighted by atomic mass is 10.1. The van der Waals surface area contributed by atoms with Crippen LogP contribution >= 0.6 is 0 Å². The van der Waals surface area contributed by atoms with E-state index in [1.165, 1.54) is 36.2 Å². The number of esters is 1. The minimum atomic E-state index is -3.09. The summed E-state index contributed by atoms with van der Waals surface area (Å²) in [6.07, 6.45) is 1.05. The molecule has 1 aliphatic rings. The predicted octanol–water partition coefficient (Wildman–Crippen LogP) is 0.301.